The summed E-state index contributed by atoms with van der Waals surface area (Å²) in [5.41, 5.74) is 0. The number of hydrogen-bond donors (Lipinski definition) is 10. The van der Waals surface area contributed by atoms with Gasteiger partial charge in [-0.25, -0.2) is 4.39 Å². The number of halogens is 1. The van der Waals surface area contributed by atoms with E-state index in [0.29, 0.717) is 0 Å². The van der Waals surface area contributed by atoms with Crippen molar-refractivity contribution in [2.45, 2.75) is 113 Å². The van der Waals surface area contributed by atoms with E-state index >= 15 is 0 Å². The Bertz CT molecular complexity index is 967. The molecule has 0 saturated carbocycles. The lowest BCUT2D eigenvalue weighted by atomic mass is 9.93. The van der Waals surface area contributed by atoms with Crippen molar-refractivity contribution < 1.29 is 78.2 Å². The number of amides is 3. The lowest BCUT2D eigenvalue weighted by Gasteiger charge is -2.49. The van der Waals surface area contributed by atoms with E-state index in [1.807, 2.05) is 0 Å². The number of nitrogens with one attached hydrogen (secondary N) is 3. The zero-order chi connectivity index (χ0) is 32.2. The third-order valence-electron chi connectivity index (χ3n) is 7.26. The maximum absolute atomic E-state index is 14.5. The predicted molar refractivity (Wildman–Crippen MR) is 135 cm³/mol. The Hall–Kier alpha value is -2.14. The van der Waals surface area contributed by atoms with Crippen LogP contribution in [0.2, 0.25) is 0 Å². The lowest BCUT2D eigenvalue weighted by molar-refractivity contribution is -0.349. The van der Waals surface area contributed by atoms with Crippen LogP contribution in [0.5, 0.6) is 0 Å². The molecule has 3 saturated heterocycles. The number of alkyl halides is 1. The monoisotopic (exact) mass is 629 g/mol. The van der Waals surface area contributed by atoms with Gasteiger partial charge in [0.25, 0.3) is 0 Å². The van der Waals surface area contributed by atoms with Crippen LogP contribution in [0, 0.1) is 0 Å². The second kappa shape index (κ2) is 15.2. The maximum Gasteiger partial charge on any atom is 0.222 e. The largest absolute Gasteiger partial charge is 0.394 e. The van der Waals surface area contributed by atoms with Gasteiger partial charge in [-0.1, -0.05) is 0 Å². The zero-order valence-corrected chi connectivity index (χ0v) is 23.6. The molecule has 0 unspecified atom stereocenters. The van der Waals surface area contributed by atoms with E-state index in [1.165, 1.54) is 0 Å². The van der Waals surface area contributed by atoms with E-state index in [0.717, 1.165) is 20.8 Å². The number of ether oxygens (including phenoxy) is 5. The highest BCUT2D eigenvalue weighted by Crippen LogP contribution is 2.32. The van der Waals surface area contributed by atoms with Gasteiger partial charge in [-0.3, -0.25) is 14.4 Å². The quantitative estimate of drug-likeness (QED) is 0.108. The molecule has 0 aromatic carbocycles. The summed E-state index contributed by atoms with van der Waals surface area (Å²) in [6.07, 6.45) is -20.0. The second-order valence-electron chi connectivity index (χ2n) is 10.5. The van der Waals surface area contributed by atoms with E-state index < -0.39 is 130 Å². The van der Waals surface area contributed by atoms with Crippen molar-refractivity contribution in [2.75, 3.05) is 19.8 Å². The van der Waals surface area contributed by atoms with Crippen LogP contribution < -0.4 is 16.0 Å². The third-order valence-corrected chi connectivity index (χ3v) is 7.26. The van der Waals surface area contributed by atoms with Crippen LogP contribution in [0.3, 0.4) is 0 Å². The SMILES string of the molecule is CC(=O)N[C@@H]1[C@@H](O)[C@H](O[C@H]2O[C@H](CO)[C@@H](O[C@H]3O[C@H](CO)[C@@H](O)[C@H](O)[C@H]3NC(C)=O)[C@H](O)[C@H]2NC(C)=O)[C@@H](CO)O[C@@H]1F. The number of rotatable bonds is 10. The molecule has 0 spiro atoms. The maximum atomic E-state index is 14.5. The summed E-state index contributed by atoms with van der Waals surface area (Å²) in [5, 5.41) is 79.4. The summed E-state index contributed by atoms with van der Waals surface area (Å²) in [5.74, 6) is -2.06. The Morgan fingerprint density at radius 1 is 0.605 bits per heavy atom. The number of hydrogen-bond acceptors (Lipinski definition) is 15. The van der Waals surface area contributed by atoms with Gasteiger partial charge in [0.15, 0.2) is 12.6 Å². The van der Waals surface area contributed by atoms with Crippen LogP contribution in [0.4, 0.5) is 4.39 Å². The van der Waals surface area contributed by atoms with Gasteiger partial charge < -0.3 is 75.4 Å². The zero-order valence-electron chi connectivity index (χ0n) is 23.6. The van der Waals surface area contributed by atoms with E-state index in [-0.39, 0.29) is 0 Å². The van der Waals surface area contributed by atoms with Gasteiger partial charge in [0, 0.05) is 20.8 Å². The fraction of sp³-hybridized carbons (Fsp3) is 0.875. The summed E-state index contributed by atoms with van der Waals surface area (Å²) in [6, 6.07) is -4.57. The molecule has 3 aliphatic rings. The minimum absolute atomic E-state index is 0.653. The minimum atomic E-state index is -2.23. The Kier molecular flexibility index (Phi) is 12.5. The average Bonchev–Trinajstić information content (AvgIpc) is 2.94. The van der Waals surface area contributed by atoms with Crippen LogP contribution >= 0.6 is 0 Å². The summed E-state index contributed by atoms with van der Waals surface area (Å²) in [7, 11) is 0. The molecule has 0 aliphatic carbocycles. The summed E-state index contributed by atoms with van der Waals surface area (Å²) in [6.45, 7) is 0.806. The van der Waals surface area contributed by atoms with Crippen molar-refractivity contribution in [3.05, 3.63) is 0 Å². The van der Waals surface area contributed by atoms with Crippen molar-refractivity contribution in [1.82, 2.24) is 16.0 Å². The number of aliphatic hydroxyl groups is 7. The van der Waals surface area contributed by atoms with Crippen LogP contribution in [0.15, 0.2) is 0 Å². The van der Waals surface area contributed by atoms with Gasteiger partial charge in [-0.2, -0.15) is 0 Å². The first kappa shape index (κ1) is 35.3. The molecular weight excluding hydrogens is 589 g/mol. The molecule has 10 N–H and O–H groups in total. The molecule has 3 fully saturated rings. The molecule has 19 heteroatoms. The van der Waals surface area contributed by atoms with Crippen molar-refractivity contribution >= 4 is 17.7 Å². The Morgan fingerprint density at radius 2 is 0.977 bits per heavy atom. The number of carbonyl (C=O) groups is 3. The lowest BCUT2D eigenvalue weighted by Crippen LogP contribution is -2.70. The van der Waals surface area contributed by atoms with Crippen molar-refractivity contribution in [3.63, 3.8) is 0 Å². The molecule has 0 aromatic rings. The van der Waals surface area contributed by atoms with Gasteiger partial charge >= 0.3 is 0 Å². The van der Waals surface area contributed by atoms with Gasteiger partial charge in [0.2, 0.25) is 24.1 Å². The van der Waals surface area contributed by atoms with E-state index in [1.54, 1.807) is 0 Å². The molecule has 3 rings (SSSR count). The second-order valence-corrected chi connectivity index (χ2v) is 10.5. The number of carbonyl (C=O) groups excluding carboxylic acids is 3. The van der Waals surface area contributed by atoms with Gasteiger partial charge in [-0.15, -0.1) is 0 Å². The molecule has 43 heavy (non-hydrogen) atoms. The normalized spacial score (nSPS) is 43.5. The van der Waals surface area contributed by atoms with Gasteiger partial charge in [-0.05, 0) is 0 Å². The highest BCUT2D eigenvalue weighted by atomic mass is 19.1. The first-order valence-electron chi connectivity index (χ1n) is 13.5. The van der Waals surface area contributed by atoms with Crippen LogP contribution in [-0.4, -0.2) is 165 Å². The predicted octanol–water partition coefficient (Wildman–Crippen LogP) is -6.16. The molecule has 0 aromatic heterocycles. The van der Waals surface area contributed by atoms with E-state index in [9.17, 15) is 54.5 Å². The Balaban J connectivity index is 1.89. The first-order valence-corrected chi connectivity index (χ1v) is 13.5. The molecule has 15 atom stereocenters. The van der Waals surface area contributed by atoms with Crippen molar-refractivity contribution in [1.29, 1.82) is 0 Å². The van der Waals surface area contributed by atoms with Crippen LogP contribution in [0.25, 0.3) is 0 Å². The first-order chi connectivity index (χ1) is 20.2. The molecule has 0 bridgehead atoms. The van der Waals surface area contributed by atoms with E-state index in [2.05, 4.69) is 16.0 Å². The Labute approximate surface area is 245 Å². The van der Waals surface area contributed by atoms with Gasteiger partial charge in [0.1, 0.15) is 73.1 Å². The minimum Gasteiger partial charge on any atom is -0.394 e. The van der Waals surface area contributed by atoms with Crippen LogP contribution in [-0.2, 0) is 38.1 Å². The fourth-order valence-electron chi connectivity index (χ4n) is 5.24. The van der Waals surface area contributed by atoms with E-state index in [4.69, 9.17) is 23.7 Å². The van der Waals surface area contributed by atoms with Crippen LogP contribution in [0.1, 0.15) is 20.8 Å². The molecule has 3 amide bonds. The third kappa shape index (κ3) is 8.12. The number of aliphatic hydroxyl groups excluding tert-OH is 7. The highest BCUT2D eigenvalue weighted by Gasteiger charge is 2.54. The van der Waals surface area contributed by atoms with Gasteiger partial charge in [0.05, 0.1) is 19.8 Å². The standard InChI is InChI=1S/C24H40FN3O15/c1-7(32)26-13-18(37)20(11(5-30)39-22(13)25)42-24-15(28-9(3)34)19(38)21(12(6-31)41-24)43-23-14(27-8(2)33)17(36)16(35)10(4-29)40-23/h10-24,29-31,35-38H,4-6H2,1-3H3,(H,26,32)(H,27,33)(H,28,34)/t10-,11-,12-,13-,14-,15-,16-,17-,18-,19-,20-,21-,22+,23-,24-/m1/s1. The summed E-state index contributed by atoms with van der Waals surface area (Å²) < 4.78 is 42.5. The molecule has 0 radical (unpaired) electrons. The Morgan fingerprint density at radius 3 is 1.42 bits per heavy atom. The molecular formula is C24H40FN3O15. The molecule has 3 heterocycles. The molecule has 18 nitrogen and oxygen atoms in total. The summed E-state index contributed by atoms with van der Waals surface area (Å²) in [4.78, 5) is 35.4. The molecule has 3 aliphatic heterocycles. The smallest absolute Gasteiger partial charge is 0.222 e. The topological polar surface area (TPSA) is 275 Å². The van der Waals surface area contributed by atoms with Crippen molar-refractivity contribution in [3.8, 4) is 0 Å². The molecule has 248 valence electrons. The average molecular weight is 630 g/mol. The summed E-state index contributed by atoms with van der Waals surface area (Å²) >= 11 is 0. The fourth-order valence-corrected chi connectivity index (χ4v) is 5.24. The highest BCUT2D eigenvalue weighted by molar-refractivity contribution is 5.74. The van der Waals surface area contributed by atoms with Crippen molar-refractivity contribution in [2.24, 2.45) is 0 Å².